The van der Waals surface area contributed by atoms with Crippen molar-refractivity contribution in [1.29, 1.82) is 0 Å². The lowest BCUT2D eigenvalue weighted by molar-refractivity contribution is -0.898. The number of likely N-dealkylation sites (tertiary alicyclic amines) is 1. The smallest absolute Gasteiger partial charge is 0.387 e. The van der Waals surface area contributed by atoms with Gasteiger partial charge >= 0.3 is 6.61 Å². The molecule has 1 atom stereocenters. The third-order valence-electron chi connectivity index (χ3n) is 5.27. The van der Waals surface area contributed by atoms with Gasteiger partial charge in [0.15, 0.2) is 6.54 Å². The summed E-state index contributed by atoms with van der Waals surface area (Å²) in [4.78, 5) is 14.0. The molecule has 6 heteroatoms. The fourth-order valence-corrected chi connectivity index (χ4v) is 3.63. The number of piperidine rings is 1. The second kappa shape index (κ2) is 9.64. The van der Waals surface area contributed by atoms with Crippen LogP contribution in [0.15, 0.2) is 54.6 Å². The second-order valence-corrected chi connectivity index (χ2v) is 7.47. The third kappa shape index (κ3) is 5.76. The molecule has 1 saturated heterocycles. The van der Waals surface area contributed by atoms with Gasteiger partial charge in [-0.1, -0.05) is 49.4 Å². The number of amides is 1. The molecule has 0 spiro atoms. The first-order valence-electron chi connectivity index (χ1n) is 9.74. The van der Waals surface area contributed by atoms with E-state index >= 15 is 0 Å². The Morgan fingerprint density at radius 2 is 1.68 bits per heavy atom. The Morgan fingerprint density at radius 1 is 1.07 bits per heavy atom. The van der Waals surface area contributed by atoms with Gasteiger partial charge in [-0.15, -0.1) is 0 Å². The number of ether oxygens (including phenoxy) is 1. The number of carbonyl (C=O) groups excluding carboxylic acids is 1. The van der Waals surface area contributed by atoms with Crippen molar-refractivity contribution >= 4 is 5.91 Å². The minimum absolute atomic E-state index is 0.00804. The van der Waals surface area contributed by atoms with Crippen LogP contribution in [-0.4, -0.2) is 32.2 Å². The van der Waals surface area contributed by atoms with Gasteiger partial charge in [0.2, 0.25) is 0 Å². The first kappa shape index (κ1) is 20.3. The van der Waals surface area contributed by atoms with Crippen LogP contribution in [0, 0.1) is 5.92 Å². The normalized spacial score (nSPS) is 20.6. The van der Waals surface area contributed by atoms with E-state index in [0.717, 1.165) is 43.0 Å². The zero-order valence-corrected chi connectivity index (χ0v) is 16.0. The molecule has 0 unspecified atom stereocenters. The molecule has 0 bridgehead atoms. The highest BCUT2D eigenvalue weighted by Crippen LogP contribution is 2.24. The average Bonchev–Trinajstić information content (AvgIpc) is 2.69. The third-order valence-corrected chi connectivity index (χ3v) is 5.27. The van der Waals surface area contributed by atoms with Crippen molar-refractivity contribution in [3.8, 4) is 5.75 Å². The maximum Gasteiger partial charge on any atom is 0.387 e. The van der Waals surface area contributed by atoms with E-state index < -0.39 is 6.61 Å². The predicted octanol–water partition coefficient (Wildman–Crippen LogP) is 2.81. The monoisotopic (exact) mass is 389 g/mol. The molecule has 150 valence electrons. The van der Waals surface area contributed by atoms with Gasteiger partial charge in [-0.2, -0.15) is 8.78 Å². The highest BCUT2D eigenvalue weighted by atomic mass is 19.3. The number of benzene rings is 2. The van der Waals surface area contributed by atoms with E-state index in [9.17, 15) is 13.6 Å². The number of rotatable bonds is 7. The maximum absolute atomic E-state index is 12.7. The Kier molecular flexibility index (Phi) is 6.98. The molecule has 28 heavy (non-hydrogen) atoms. The number of halogens is 2. The second-order valence-electron chi connectivity index (χ2n) is 7.47. The van der Waals surface area contributed by atoms with E-state index in [4.69, 9.17) is 0 Å². The quantitative estimate of drug-likeness (QED) is 0.765. The summed E-state index contributed by atoms with van der Waals surface area (Å²) < 4.78 is 29.2. The summed E-state index contributed by atoms with van der Waals surface area (Å²) in [5.74, 6) is 0.827. The molecular weight excluding hydrogens is 362 g/mol. The van der Waals surface area contributed by atoms with E-state index in [0.29, 0.717) is 6.54 Å². The number of carbonyl (C=O) groups is 1. The Bertz CT molecular complexity index is 745. The van der Waals surface area contributed by atoms with Crippen LogP contribution in [0.5, 0.6) is 5.75 Å². The lowest BCUT2D eigenvalue weighted by atomic mass is 9.98. The molecule has 1 fully saturated rings. The largest absolute Gasteiger partial charge is 0.435 e. The summed E-state index contributed by atoms with van der Waals surface area (Å²) in [5.41, 5.74) is 1.77. The van der Waals surface area contributed by atoms with Crippen molar-refractivity contribution in [2.45, 2.75) is 32.4 Å². The SMILES string of the molecule is CC1CC[NH+](CC(=O)N[C@@H](c2ccccc2)c2ccc(OC(F)F)cc2)CC1. The number of hydrogen-bond acceptors (Lipinski definition) is 2. The Morgan fingerprint density at radius 3 is 2.29 bits per heavy atom. The maximum atomic E-state index is 12.7. The summed E-state index contributed by atoms with van der Waals surface area (Å²) in [5, 5.41) is 3.12. The number of hydrogen-bond donors (Lipinski definition) is 2. The Balaban J connectivity index is 1.71. The van der Waals surface area contributed by atoms with Gasteiger partial charge in [-0.25, -0.2) is 0 Å². The minimum atomic E-state index is -2.86. The van der Waals surface area contributed by atoms with Gasteiger partial charge in [0.05, 0.1) is 19.1 Å². The van der Waals surface area contributed by atoms with Crippen LogP contribution in [0.3, 0.4) is 0 Å². The summed E-state index contributed by atoms with van der Waals surface area (Å²) in [7, 11) is 0. The summed E-state index contributed by atoms with van der Waals surface area (Å²) in [6, 6.07) is 15.7. The molecule has 0 saturated carbocycles. The van der Waals surface area contributed by atoms with Crippen molar-refractivity contribution in [3.63, 3.8) is 0 Å². The van der Waals surface area contributed by atoms with Crippen LogP contribution in [0.25, 0.3) is 0 Å². The van der Waals surface area contributed by atoms with Crippen LogP contribution < -0.4 is 15.0 Å². The number of quaternary nitrogens is 1. The highest BCUT2D eigenvalue weighted by molar-refractivity contribution is 5.78. The Hall–Kier alpha value is -2.47. The van der Waals surface area contributed by atoms with E-state index in [2.05, 4.69) is 17.0 Å². The summed E-state index contributed by atoms with van der Waals surface area (Å²) in [6.07, 6.45) is 2.30. The van der Waals surface area contributed by atoms with Crippen LogP contribution >= 0.6 is 0 Å². The molecule has 1 heterocycles. The molecule has 2 aromatic rings. The van der Waals surface area contributed by atoms with Gasteiger partial charge < -0.3 is 15.0 Å². The zero-order valence-electron chi connectivity index (χ0n) is 16.0. The van der Waals surface area contributed by atoms with E-state index in [1.807, 2.05) is 30.3 Å². The molecule has 2 N–H and O–H groups in total. The van der Waals surface area contributed by atoms with Crippen molar-refractivity contribution < 1.29 is 23.2 Å². The van der Waals surface area contributed by atoms with Crippen molar-refractivity contribution in [3.05, 3.63) is 65.7 Å². The van der Waals surface area contributed by atoms with Crippen LogP contribution in [0.4, 0.5) is 8.78 Å². The molecule has 3 rings (SSSR count). The van der Waals surface area contributed by atoms with E-state index in [1.165, 1.54) is 17.0 Å². The zero-order chi connectivity index (χ0) is 19.9. The summed E-state index contributed by atoms with van der Waals surface area (Å²) in [6.45, 7) is 1.88. The van der Waals surface area contributed by atoms with E-state index in [1.54, 1.807) is 12.1 Å². The summed E-state index contributed by atoms with van der Waals surface area (Å²) >= 11 is 0. The first-order valence-corrected chi connectivity index (χ1v) is 9.74. The lowest BCUT2D eigenvalue weighted by Gasteiger charge is -2.28. The number of nitrogens with one attached hydrogen (secondary N) is 2. The predicted molar refractivity (Wildman–Crippen MR) is 103 cm³/mol. The van der Waals surface area contributed by atoms with Crippen molar-refractivity contribution in [2.24, 2.45) is 5.92 Å². The standard InChI is InChI=1S/C22H26F2N2O2/c1-16-11-13-26(14-12-16)15-20(27)25-21(17-5-3-2-4-6-17)18-7-9-19(10-8-18)28-22(23)24/h2-10,16,21-22H,11-15H2,1H3,(H,25,27)/p+1/t21-/m0/s1. The van der Waals surface area contributed by atoms with Gasteiger partial charge in [0, 0.05) is 0 Å². The molecule has 1 aliphatic rings. The topological polar surface area (TPSA) is 42.8 Å². The van der Waals surface area contributed by atoms with Crippen LogP contribution in [0.1, 0.15) is 36.9 Å². The fourth-order valence-electron chi connectivity index (χ4n) is 3.63. The average molecular weight is 389 g/mol. The minimum Gasteiger partial charge on any atom is -0.435 e. The molecule has 4 nitrogen and oxygen atoms in total. The highest BCUT2D eigenvalue weighted by Gasteiger charge is 2.24. The van der Waals surface area contributed by atoms with Gasteiger partial charge in [-0.05, 0) is 42.0 Å². The first-order chi connectivity index (χ1) is 13.5. The molecule has 1 aliphatic heterocycles. The molecule has 1 amide bonds. The Labute approximate surface area is 164 Å². The van der Waals surface area contributed by atoms with Crippen LogP contribution in [-0.2, 0) is 4.79 Å². The molecular formula is C22H27F2N2O2+. The molecule has 0 radical (unpaired) electrons. The van der Waals surface area contributed by atoms with Gasteiger partial charge in [-0.3, -0.25) is 4.79 Å². The molecule has 0 aliphatic carbocycles. The molecule has 0 aromatic heterocycles. The molecule has 2 aromatic carbocycles. The fraction of sp³-hybridized carbons (Fsp3) is 0.409. The van der Waals surface area contributed by atoms with E-state index in [-0.39, 0.29) is 17.7 Å². The van der Waals surface area contributed by atoms with Crippen molar-refractivity contribution in [2.75, 3.05) is 19.6 Å². The van der Waals surface area contributed by atoms with Gasteiger partial charge in [0.1, 0.15) is 5.75 Å². The van der Waals surface area contributed by atoms with Crippen molar-refractivity contribution in [1.82, 2.24) is 5.32 Å². The number of alkyl halides is 2. The van der Waals surface area contributed by atoms with Gasteiger partial charge in [0.25, 0.3) is 5.91 Å². The lowest BCUT2D eigenvalue weighted by Crippen LogP contribution is -3.14. The van der Waals surface area contributed by atoms with Crippen LogP contribution in [0.2, 0.25) is 0 Å².